The summed E-state index contributed by atoms with van der Waals surface area (Å²) in [5.74, 6) is -0.614. The van der Waals surface area contributed by atoms with Crippen molar-refractivity contribution in [2.45, 2.75) is 18.9 Å². The Kier molecular flexibility index (Phi) is 5.21. The summed E-state index contributed by atoms with van der Waals surface area (Å²) in [5.41, 5.74) is 0.852. The van der Waals surface area contributed by atoms with E-state index >= 15 is 0 Å². The van der Waals surface area contributed by atoms with E-state index in [1.165, 1.54) is 0 Å². The average molecular weight is 405 g/mol. The summed E-state index contributed by atoms with van der Waals surface area (Å²) < 4.78 is 0.883. The van der Waals surface area contributed by atoms with Gasteiger partial charge in [0.2, 0.25) is 5.91 Å². The third kappa shape index (κ3) is 3.61. The lowest BCUT2D eigenvalue weighted by molar-refractivity contribution is -0.139. The molecule has 4 nitrogen and oxygen atoms in total. The summed E-state index contributed by atoms with van der Waals surface area (Å²) in [7, 11) is 0. The third-order valence-electron chi connectivity index (χ3n) is 3.43. The molecule has 1 aromatic rings. The zero-order valence-corrected chi connectivity index (χ0v) is 13.9. The van der Waals surface area contributed by atoms with Gasteiger partial charge in [0.25, 0.3) is 0 Å². The van der Waals surface area contributed by atoms with Gasteiger partial charge in [0.15, 0.2) is 0 Å². The summed E-state index contributed by atoms with van der Waals surface area (Å²) in [6.45, 7) is 0.606. The lowest BCUT2D eigenvalue weighted by Gasteiger charge is -2.27. The Bertz CT molecular complexity index is 521. The summed E-state index contributed by atoms with van der Waals surface area (Å²) in [4.78, 5) is 24.9. The van der Waals surface area contributed by atoms with Gasteiger partial charge < -0.3 is 10.0 Å². The predicted molar refractivity (Wildman–Crippen MR) is 82.7 cm³/mol. The average Bonchev–Trinajstić information content (AvgIpc) is 2.77. The molecule has 20 heavy (non-hydrogen) atoms. The number of carboxylic acids is 1. The number of amides is 1. The van der Waals surface area contributed by atoms with Gasteiger partial charge in [0.05, 0.1) is 12.5 Å². The van der Waals surface area contributed by atoms with Crippen LogP contribution in [0.25, 0.3) is 0 Å². The highest BCUT2D eigenvalue weighted by molar-refractivity contribution is 9.10. The Morgan fingerprint density at radius 3 is 2.80 bits per heavy atom. The first-order chi connectivity index (χ1) is 9.51. The number of nitrogens with zero attached hydrogens (tertiary/aromatic N) is 1. The second kappa shape index (κ2) is 6.72. The molecule has 2 atom stereocenters. The highest BCUT2D eigenvalue weighted by Crippen LogP contribution is 2.32. The monoisotopic (exact) mass is 403 g/mol. The molecule has 0 aromatic heterocycles. The minimum Gasteiger partial charge on any atom is -0.481 e. The number of aliphatic carboxylic acids is 1. The molecular formula is C14H15Br2NO3. The van der Waals surface area contributed by atoms with Crippen LogP contribution in [-0.4, -0.2) is 33.8 Å². The van der Waals surface area contributed by atoms with E-state index in [4.69, 9.17) is 5.11 Å². The van der Waals surface area contributed by atoms with E-state index < -0.39 is 12.0 Å². The van der Waals surface area contributed by atoms with Crippen LogP contribution in [0.15, 0.2) is 28.7 Å². The van der Waals surface area contributed by atoms with Crippen LogP contribution in [0.4, 0.5) is 0 Å². The van der Waals surface area contributed by atoms with Gasteiger partial charge in [0.1, 0.15) is 0 Å². The zero-order valence-electron chi connectivity index (χ0n) is 10.8. The van der Waals surface area contributed by atoms with E-state index in [0.29, 0.717) is 13.0 Å². The van der Waals surface area contributed by atoms with Crippen LogP contribution in [0.1, 0.15) is 24.4 Å². The molecule has 0 bridgehead atoms. The fourth-order valence-electron chi connectivity index (χ4n) is 2.50. The van der Waals surface area contributed by atoms with Crippen LogP contribution in [0.3, 0.4) is 0 Å². The van der Waals surface area contributed by atoms with Crippen LogP contribution in [0.2, 0.25) is 0 Å². The predicted octanol–water partition coefficient (Wildman–Crippen LogP) is 3.21. The number of halogens is 2. The van der Waals surface area contributed by atoms with Crippen LogP contribution >= 0.6 is 31.9 Å². The van der Waals surface area contributed by atoms with Gasteiger partial charge in [-0.2, -0.15) is 0 Å². The second-order valence-electron chi connectivity index (χ2n) is 4.94. The molecule has 1 aromatic carbocycles. The first-order valence-electron chi connectivity index (χ1n) is 6.34. The molecule has 2 rings (SSSR count). The Labute approximate surface area is 134 Å². The van der Waals surface area contributed by atoms with Crippen molar-refractivity contribution in [3.05, 3.63) is 34.3 Å². The smallest absolute Gasteiger partial charge is 0.305 e. The number of carboxylic acid groups (broad SMARTS) is 1. The van der Waals surface area contributed by atoms with Crippen molar-refractivity contribution in [2.24, 2.45) is 5.92 Å². The van der Waals surface area contributed by atoms with Gasteiger partial charge in [-0.3, -0.25) is 9.59 Å². The van der Waals surface area contributed by atoms with Crippen molar-refractivity contribution in [3.8, 4) is 0 Å². The molecule has 0 spiro atoms. The molecule has 0 radical (unpaired) electrons. The first-order valence-corrected chi connectivity index (χ1v) is 8.25. The molecule has 1 heterocycles. The number of benzene rings is 1. The molecule has 1 aliphatic rings. The molecule has 1 saturated heterocycles. The molecule has 1 amide bonds. The van der Waals surface area contributed by atoms with Crippen molar-refractivity contribution >= 4 is 43.7 Å². The maximum Gasteiger partial charge on any atom is 0.305 e. The van der Waals surface area contributed by atoms with E-state index in [1.54, 1.807) is 4.90 Å². The molecule has 1 aliphatic heterocycles. The number of likely N-dealkylation sites (tertiary alicyclic amines) is 1. The molecule has 108 valence electrons. The number of carbonyl (C=O) groups is 2. The molecule has 1 fully saturated rings. The molecule has 6 heteroatoms. The minimum atomic E-state index is -0.898. The molecule has 1 N–H and O–H groups in total. The van der Waals surface area contributed by atoms with Crippen molar-refractivity contribution in [1.29, 1.82) is 0 Å². The lowest BCUT2D eigenvalue weighted by atomic mass is 10.0. The Hall–Kier alpha value is -0.880. The summed E-state index contributed by atoms with van der Waals surface area (Å²) >= 11 is 6.78. The fraction of sp³-hybridized carbons (Fsp3) is 0.429. The Morgan fingerprint density at radius 2 is 2.25 bits per heavy atom. The number of hydrogen-bond donors (Lipinski definition) is 1. The van der Waals surface area contributed by atoms with Gasteiger partial charge >= 0.3 is 5.97 Å². The topological polar surface area (TPSA) is 57.6 Å². The molecule has 2 unspecified atom stereocenters. The van der Waals surface area contributed by atoms with Crippen molar-refractivity contribution in [1.82, 2.24) is 4.90 Å². The largest absolute Gasteiger partial charge is 0.481 e. The number of carbonyl (C=O) groups excluding carboxylic acids is 1. The Morgan fingerprint density at radius 1 is 1.50 bits per heavy atom. The van der Waals surface area contributed by atoms with E-state index in [2.05, 4.69) is 31.9 Å². The van der Waals surface area contributed by atoms with E-state index in [-0.39, 0.29) is 18.2 Å². The van der Waals surface area contributed by atoms with E-state index in [9.17, 15) is 9.59 Å². The van der Waals surface area contributed by atoms with Crippen molar-refractivity contribution in [2.75, 3.05) is 11.9 Å². The lowest BCUT2D eigenvalue weighted by Crippen LogP contribution is -2.32. The molecule has 0 saturated carbocycles. The minimum absolute atomic E-state index is 0.0284. The molecule has 0 aliphatic carbocycles. The van der Waals surface area contributed by atoms with Gasteiger partial charge in [-0.05, 0) is 23.6 Å². The van der Waals surface area contributed by atoms with E-state index in [1.807, 2.05) is 24.3 Å². The second-order valence-corrected chi connectivity index (χ2v) is 6.50. The van der Waals surface area contributed by atoms with Gasteiger partial charge in [-0.25, -0.2) is 0 Å². The number of hydrogen-bond acceptors (Lipinski definition) is 2. The zero-order chi connectivity index (χ0) is 14.7. The van der Waals surface area contributed by atoms with Crippen molar-refractivity contribution < 1.29 is 14.7 Å². The summed E-state index contributed by atoms with van der Waals surface area (Å²) in [6.07, 6.45) is 0.409. The SMILES string of the molecule is O=C(O)CC(c1cccc(Br)c1)N1CC(CBr)CC1=O. The quantitative estimate of drug-likeness (QED) is 0.766. The summed E-state index contributed by atoms with van der Waals surface area (Å²) in [6, 6.07) is 7.09. The van der Waals surface area contributed by atoms with Crippen LogP contribution < -0.4 is 0 Å². The Balaban J connectivity index is 2.28. The fourth-order valence-corrected chi connectivity index (χ4v) is 3.35. The van der Waals surface area contributed by atoms with Crippen LogP contribution in [-0.2, 0) is 9.59 Å². The maximum absolute atomic E-state index is 12.1. The standard InChI is InChI=1S/C14H15Br2NO3/c15-7-9-4-13(18)17(8-9)12(6-14(19)20)10-2-1-3-11(16)5-10/h1-3,5,9,12H,4,6-8H2,(H,19,20). The van der Waals surface area contributed by atoms with Gasteiger partial charge in [-0.15, -0.1) is 0 Å². The first kappa shape index (κ1) is 15.5. The number of rotatable bonds is 5. The van der Waals surface area contributed by atoms with Gasteiger partial charge in [0, 0.05) is 22.8 Å². The third-order valence-corrected chi connectivity index (χ3v) is 4.84. The normalized spacial score (nSPS) is 20.2. The highest BCUT2D eigenvalue weighted by Gasteiger charge is 2.35. The van der Waals surface area contributed by atoms with Gasteiger partial charge in [-0.1, -0.05) is 44.0 Å². The number of alkyl halides is 1. The highest BCUT2D eigenvalue weighted by atomic mass is 79.9. The van der Waals surface area contributed by atoms with Crippen LogP contribution in [0.5, 0.6) is 0 Å². The maximum atomic E-state index is 12.1. The molecular weight excluding hydrogens is 390 g/mol. The summed E-state index contributed by atoms with van der Waals surface area (Å²) in [5, 5.41) is 9.88. The van der Waals surface area contributed by atoms with E-state index in [0.717, 1.165) is 15.4 Å². The van der Waals surface area contributed by atoms with Crippen LogP contribution in [0, 0.1) is 5.92 Å². The van der Waals surface area contributed by atoms with Crippen molar-refractivity contribution in [3.63, 3.8) is 0 Å².